The first kappa shape index (κ1) is 19.7. The molecule has 0 atom stereocenters. The number of likely N-dealkylation sites (tertiary alicyclic amines) is 1. The summed E-state index contributed by atoms with van der Waals surface area (Å²) in [5.41, 5.74) is 1.53. The first-order chi connectivity index (χ1) is 15.0. The Morgan fingerprint density at radius 1 is 1.23 bits per heavy atom. The number of rotatable bonds is 4. The van der Waals surface area contributed by atoms with Gasteiger partial charge < -0.3 is 15.1 Å². The minimum atomic E-state index is -0.545. The van der Waals surface area contributed by atoms with E-state index in [9.17, 15) is 9.18 Å². The van der Waals surface area contributed by atoms with Crippen molar-refractivity contribution in [3.63, 3.8) is 0 Å². The number of amides is 1. The second-order valence-electron chi connectivity index (χ2n) is 8.06. The number of nitrogens with zero attached hydrogens (tertiary/aromatic N) is 5. The third-order valence-electron chi connectivity index (χ3n) is 5.97. The first-order valence-electron chi connectivity index (χ1n) is 9.97. The van der Waals surface area contributed by atoms with Crippen molar-refractivity contribution in [1.29, 1.82) is 0 Å². The standard InChI is InChI=1S/C22H20ClFN6O/c1-2-18(31)29-9-8-22(10-29)11-30(12-22)17-7-6-16-20(28-17)21(26-13-25-16)27-15-5-3-4-14(23)19(15)24/h2-7,13H,1,8-12H2,(H,25,26,27). The number of hydrogen-bond donors (Lipinski definition) is 1. The zero-order chi connectivity index (χ0) is 21.6. The maximum Gasteiger partial charge on any atom is 0.245 e. The van der Waals surface area contributed by atoms with Crippen LogP contribution in [0.3, 0.4) is 0 Å². The quantitative estimate of drug-likeness (QED) is 0.625. The summed E-state index contributed by atoms with van der Waals surface area (Å²) >= 11 is 5.89. The number of nitrogens with one attached hydrogen (secondary N) is 1. The summed E-state index contributed by atoms with van der Waals surface area (Å²) in [5.74, 6) is 0.653. The molecule has 4 heterocycles. The van der Waals surface area contributed by atoms with E-state index in [1.807, 2.05) is 17.0 Å². The number of halogens is 2. The van der Waals surface area contributed by atoms with Gasteiger partial charge in [0.15, 0.2) is 11.6 Å². The lowest BCUT2D eigenvalue weighted by molar-refractivity contribution is -0.125. The summed E-state index contributed by atoms with van der Waals surface area (Å²) in [7, 11) is 0. The van der Waals surface area contributed by atoms with E-state index in [1.54, 1.807) is 12.1 Å². The van der Waals surface area contributed by atoms with E-state index < -0.39 is 5.82 Å². The molecule has 7 nitrogen and oxygen atoms in total. The van der Waals surface area contributed by atoms with Crippen LogP contribution in [0.1, 0.15) is 6.42 Å². The van der Waals surface area contributed by atoms with Crippen LogP contribution in [0.25, 0.3) is 11.0 Å². The lowest BCUT2D eigenvalue weighted by Crippen LogP contribution is -2.58. The van der Waals surface area contributed by atoms with Crippen molar-refractivity contribution >= 4 is 45.9 Å². The van der Waals surface area contributed by atoms with Crippen molar-refractivity contribution in [2.45, 2.75) is 6.42 Å². The number of anilines is 3. The molecule has 1 spiro atoms. The number of aromatic nitrogens is 3. The van der Waals surface area contributed by atoms with Gasteiger partial charge in [-0.1, -0.05) is 24.2 Å². The summed E-state index contributed by atoms with van der Waals surface area (Å²) in [6.07, 6.45) is 3.76. The molecule has 2 aliphatic heterocycles. The van der Waals surface area contributed by atoms with Crippen molar-refractivity contribution in [3.05, 3.63) is 60.2 Å². The zero-order valence-corrected chi connectivity index (χ0v) is 17.4. The number of fused-ring (bicyclic) bond motifs is 1. The number of hydrogen-bond acceptors (Lipinski definition) is 6. The third-order valence-corrected chi connectivity index (χ3v) is 6.26. The van der Waals surface area contributed by atoms with Crippen molar-refractivity contribution in [3.8, 4) is 0 Å². The monoisotopic (exact) mass is 438 g/mol. The van der Waals surface area contributed by atoms with Crippen LogP contribution in [0.2, 0.25) is 5.02 Å². The van der Waals surface area contributed by atoms with Gasteiger partial charge in [-0.25, -0.2) is 19.3 Å². The second kappa shape index (κ2) is 7.46. The van der Waals surface area contributed by atoms with Crippen LogP contribution in [0.15, 0.2) is 49.3 Å². The average Bonchev–Trinajstić information content (AvgIpc) is 3.21. The smallest absolute Gasteiger partial charge is 0.245 e. The van der Waals surface area contributed by atoms with E-state index in [2.05, 4.69) is 26.8 Å². The molecule has 2 aromatic heterocycles. The van der Waals surface area contributed by atoms with Gasteiger partial charge in [-0.3, -0.25) is 4.79 Å². The molecule has 0 radical (unpaired) electrons. The van der Waals surface area contributed by atoms with Gasteiger partial charge in [0.1, 0.15) is 17.7 Å². The fourth-order valence-corrected chi connectivity index (χ4v) is 4.54. The van der Waals surface area contributed by atoms with Crippen LogP contribution in [0.5, 0.6) is 0 Å². The molecule has 0 saturated carbocycles. The molecule has 9 heteroatoms. The third kappa shape index (κ3) is 3.46. The fraction of sp³-hybridized carbons (Fsp3) is 0.273. The molecule has 5 rings (SSSR count). The molecule has 158 valence electrons. The molecular formula is C22H20ClFN6O. The Kier molecular flexibility index (Phi) is 4.74. The van der Waals surface area contributed by atoms with Gasteiger partial charge >= 0.3 is 0 Å². The van der Waals surface area contributed by atoms with Gasteiger partial charge in [-0.05, 0) is 36.8 Å². The highest BCUT2D eigenvalue weighted by molar-refractivity contribution is 6.31. The van der Waals surface area contributed by atoms with Gasteiger partial charge in [0.2, 0.25) is 5.91 Å². The molecule has 1 aromatic carbocycles. The van der Waals surface area contributed by atoms with Crippen LogP contribution in [-0.4, -0.2) is 51.9 Å². The van der Waals surface area contributed by atoms with Crippen molar-refractivity contribution in [1.82, 2.24) is 19.9 Å². The van der Waals surface area contributed by atoms with Crippen LogP contribution < -0.4 is 10.2 Å². The Labute approximate surface area is 183 Å². The van der Waals surface area contributed by atoms with Gasteiger partial charge in [0, 0.05) is 31.6 Å². The summed E-state index contributed by atoms with van der Waals surface area (Å²) in [6, 6.07) is 8.55. The fourth-order valence-electron chi connectivity index (χ4n) is 4.36. The van der Waals surface area contributed by atoms with Gasteiger partial charge in [0.25, 0.3) is 0 Å². The number of carbonyl (C=O) groups is 1. The number of pyridine rings is 1. The SMILES string of the molecule is C=CC(=O)N1CCC2(C1)CN(c1ccc3ncnc(Nc4cccc(Cl)c4F)c3n1)C2. The van der Waals surface area contributed by atoms with Crippen LogP contribution in [0, 0.1) is 11.2 Å². The zero-order valence-electron chi connectivity index (χ0n) is 16.7. The topological polar surface area (TPSA) is 74.2 Å². The molecule has 3 aromatic rings. The Balaban J connectivity index is 1.38. The highest BCUT2D eigenvalue weighted by Crippen LogP contribution is 2.41. The molecule has 1 amide bonds. The van der Waals surface area contributed by atoms with Gasteiger partial charge in [-0.15, -0.1) is 0 Å². The minimum absolute atomic E-state index is 0.0136. The first-order valence-corrected chi connectivity index (χ1v) is 10.3. The molecule has 31 heavy (non-hydrogen) atoms. The van der Waals surface area contributed by atoms with E-state index in [0.29, 0.717) is 16.9 Å². The highest BCUT2D eigenvalue weighted by Gasteiger charge is 2.48. The average molecular weight is 439 g/mol. The Hall–Kier alpha value is -3.26. The summed E-state index contributed by atoms with van der Waals surface area (Å²) in [6.45, 7) is 6.73. The van der Waals surface area contributed by atoms with Gasteiger partial charge in [0.05, 0.1) is 16.2 Å². The lowest BCUT2D eigenvalue weighted by Gasteiger charge is -2.48. The Morgan fingerprint density at radius 3 is 2.87 bits per heavy atom. The lowest BCUT2D eigenvalue weighted by atomic mass is 9.79. The predicted octanol–water partition coefficient (Wildman–Crippen LogP) is 3.79. The molecule has 0 bridgehead atoms. The molecule has 2 saturated heterocycles. The minimum Gasteiger partial charge on any atom is -0.355 e. The van der Waals surface area contributed by atoms with Crippen LogP contribution in [-0.2, 0) is 4.79 Å². The predicted molar refractivity (Wildman–Crippen MR) is 118 cm³/mol. The number of benzene rings is 1. The number of carbonyl (C=O) groups excluding carboxylic acids is 1. The highest BCUT2D eigenvalue weighted by atomic mass is 35.5. The molecule has 1 N–H and O–H groups in total. The molecule has 0 aliphatic carbocycles. The normalized spacial score (nSPS) is 17.1. The van der Waals surface area contributed by atoms with E-state index >= 15 is 0 Å². The summed E-state index contributed by atoms with van der Waals surface area (Å²) in [4.78, 5) is 29.2. The molecule has 0 unspecified atom stereocenters. The molecule has 2 fully saturated rings. The van der Waals surface area contributed by atoms with E-state index in [1.165, 1.54) is 18.5 Å². The maximum absolute atomic E-state index is 14.3. The van der Waals surface area contributed by atoms with Crippen molar-refractivity contribution < 1.29 is 9.18 Å². The summed E-state index contributed by atoms with van der Waals surface area (Å²) in [5, 5.41) is 3.02. The van der Waals surface area contributed by atoms with E-state index in [4.69, 9.17) is 16.6 Å². The van der Waals surface area contributed by atoms with Crippen LogP contribution in [0.4, 0.5) is 21.7 Å². The second-order valence-corrected chi connectivity index (χ2v) is 8.46. The Bertz CT molecular complexity index is 1200. The van der Waals surface area contributed by atoms with Crippen molar-refractivity contribution in [2.24, 2.45) is 5.41 Å². The Morgan fingerprint density at radius 2 is 2.06 bits per heavy atom. The van der Waals surface area contributed by atoms with E-state index in [-0.39, 0.29) is 22.0 Å². The van der Waals surface area contributed by atoms with Gasteiger partial charge in [-0.2, -0.15) is 0 Å². The summed E-state index contributed by atoms with van der Waals surface area (Å²) < 4.78 is 14.3. The maximum atomic E-state index is 14.3. The molecular weight excluding hydrogens is 419 g/mol. The van der Waals surface area contributed by atoms with Crippen molar-refractivity contribution in [2.75, 3.05) is 36.4 Å². The largest absolute Gasteiger partial charge is 0.355 e. The van der Waals surface area contributed by atoms with E-state index in [0.717, 1.165) is 38.4 Å². The molecule has 2 aliphatic rings. The van der Waals surface area contributed by atoms with Crippen LogP contribution >= 0.6 is 11.6 Å².